The van der Waals surface area contributed by atoms with Gasteiger partial charge in [-0.05, 0) is 88.4 Å². The molecule has 0 aliphatic rings. The number of carbonyl (C=O) groups excluding carboxylic acids is 1. The van der Waals surface area contributed by atoms with Gasteiger partial charge in [-0.2, -0.15) is 0 Å². The van der Waals surface area contributed by atoms with Crippen LogP contribution in [0.4, 0.5) is 0 Å². The summed E-state index contributed by atoms with van der Waals surface area (Å²) in [6, 6.07) is 12.2. The second kappa shape index (κ2) is 8.68. The van der Waals surface area contributed by atoms with Gasteiger partial charge in [-0.1, -0.05) is 12.1 Å². The molecule has 3 aromatic rings. The Morgan fingerprint density at radius 3 is 2.45 bits per heavy atom. The van der Waals surface area contributed by atoms with E-state index < -0.39 is 5.60 Å². The number of aromatic amines is 1. The van der Waals surface area contributed by atoms with E-state index in [1.165, 1.54) is 16.7 Å². The zero-order valence-electron chi connectivity index (χ0n) is 18.0. The van der Waals surface area contributed by atoms with E-state index in [1.807, 2.05) is 24.3 Å². The lowest BCUT2D eigenvalue weighted by molar-refractivity contribution is -0.158. The van der Waals surface area contributed by atoms with E-state index in [4.69, 9.17) is 14.5 Å². The fraction of sp³-hybridized carbons (Fsp3) is 0.417. The van der Waals surface area contributed by atoms with Crippen LogP contribution >= 0.6 is 0 Å². The first-order valence-corrected chi connectivity index (χ1v) is 10.2. The van der Waals surface area contributed by atoms with Gasteiger partial charge >= 0.3 is 5.97 Å². The second-order valence-electron chi connectivity index (χ2n) is 7.97. The average molecular weight is 395 g/mol. The smallest absolute Gasteiger partial charge is 0.349 e. The quantitative estimate of drug-likeness (QED) is 0.542. The van der Waals surface area contributed by atoms with Crippen molar-refractivity contribution < 1.29 is 14.3 Å². The minimum atomic E-state index is -1.00. The zero-order valence-corrected chi connectivity index (χ0v) is 18.0. The van der Waals surface area contributed by atoms with Crippen LogP contribution in [0.15, 0.2) is 36.4 Å². The Labute approximate surface area is 172 Å². The summed E-state index contributed by atoms with van der Waals surface area (Å²) < 4.78 is 10.9. The van der Waals surface area contributed by atoms with Gasteiger partial charge in [0.2, 0.25) is 0 Å². The van der Waals surface area contributed by atoms with E-state index >= 15 is 0 Å². The van der Waals surface area contributed by atoms with Crippen LogP contribution in [0.25, 0.3) is 11.0 Å². The number of imidazole rings is 1. The van der Waals surface area contributed by atoms with Crippen molar-refractivity contribution in [1.29, 1.82) is 0 Å². The standard InChI is InChI=1S/C24H30N2O3/c1-6-28-23(27)24(4,5)29-19-12-10-18(11-13-19)8-7-9-22-25-20-14-16(2)17(3)15-21(20)26-22/h10-15H,6-9H2,1-5H3,(H,25,26). The molecule has 154 valence electrons. The summed E-state index contributed by atoms with van der Waals surface area (Å²) in [5, 5.41) is 0. The maximum atomic E-state index is 12.0. The molecular weight excluding hydrogens is 364 g/mol. The average Bonchev–Trinajstić information content (AvgIpc) is 3.05. The van der Waals surface area contributed by atoms with Crippen LogP contribution < -0.4 is 4.74 Å². The predicted molar refractivity (Wildman–Crippen MR) is 115 cm³/mol. The summed E-state index contributed by atoms with van der Waals surface area (Å²) in [5.74, 6) is 1.33. The minimum absolute atomic E-state index is 0.342. The van der Waals surface area contributed by atoms with Crippen LogP contribution in [0, 0.1) is 13.8 Å². The number of H-pyrrole nitrogens is 1. The van der Waals surface area contributed by atoms with E-state index in [0.29, 0.717) is 12.4 Å². The first kappa shape index (κ1) is 20.9. The van der Waals surface area contributed by atoms with Gasteiger partial charge in [-0.15, -0.1) is 0 Å². The molecule has 0 aliphatic carbocycles. The minimum Gasteiger partial charge on any atom is -0.476 e. The molecule has 29 heavy (non-hydrogen) atoms. The molecule has 1 heterocycles. The summed E-state index contributed by atoms with van der Waals surface area (Å²) in [5.41, 5.74) is 4.91. The Hall–Kier alpha value is -2.82. The Balaban J connectivity index is 1.54. The SMILES string of the molecule is CCOC(=O)C(C)(C)Oc1ccc(CCCc2nc3cc(C)c(C)cc3[nH]2)cc1. The third-order valence-corrected chi connectivity index (χ3v) is 5.09. The largest absolute Gasteiger partial charge is 0.476 e. The molecule has 0 saturated heterocycles. The molecule has 0 atom stereocenters. The lowest BCUT2D eigenvalue weighted by atomic mass is 10.1. The molecule has 1 aromatic heterocycles. The first-order chi connectivity index (χ1) is 13.8. The van der Waals surface area contributed by atoms with E-state index in [9.17, 15) is 4.79 Å². The van der Waals surface area contributed by atoms with Crippen LogP contribution in [0.3, 0.4) is 0 Å². The summed E-state index contributed by atoms with van der Waals surface area (Å²) in [6.07, 6.45) is 2.86. The van der Waals surface area contributed by atoms with E-state index in [0.717, 1.165) is 36.1 Å². The molecule has 5 heteroatoms. The van der Waals surface area contributed by atoms with Gasteiger partial charge in [0.05, 0.1) is 17.6 Å². The van der Waals surface area contributed by atoms with Crippen molar-refractivity contribution in [3.8, 4) is 5.75 Å². The Bertz CT molecular complexity index is 948. The van der Waals surface area contributed by atoms with Gasteiger partial charge in [0, 0.05) is 6.42 Å². The fourth-order valence-electron chi connectivity index (χ4n) is 3.27. The molecule has 0 spiro atoms. The highest BCUT2D eigenvalue weighted by atomic mass is 16.6. The number of nitrogens with zero attached hydrogens (tertiary/aromatic N) is 1. The van der Waals surface area contributed by atoms with Crippen molar-refractivity contribution in [3.63, 3.8) is 0 Å². The number of aryl methyl sites for hydroxylation is 4. The molecule has 0 saturated carbocycles. The van der Waals surface area contributed by atoms with Crippen molar-refractivity contribution in [1.82, 2.24) is 9.97 Å². The summed E-state index contributed by atoms with van der Waals surface area (Å²) in [7, 11) is 0. The third kappa shape index (κ3) is 5.17. The van der Waals surface area contributed by atoms with Crippen LogP contribution in [0.1, 0.15) is 49.7 Å². The fourth-order valence-corrected chi connectivity index (χ4v) is 3.27. The zero-order chi connectivity index (χ0) is 21.0. The molecule has 0 radical (unpaired) electrons. The van der Waals surface area contributed by atoms with Gasteiger partial charge in [0.1, 0.15) is 11.6 Å². The first-order valence-electron chi connectivity index (χ1n) is 10.2. The van der Waals surface area contributed by atoms with Gasteiger partial charge < -0.3 is 14.5 Å². The number of nitrogens with one attached hydrogen (secondary N) is 1. The summed E-state index contributed by atoms with van der Waals surface area (Å²) >= 11 is 0. The summed E-state index contributed by atoms with van der Waals surface area (Å²) in [4.78, 5) is 20.1. The molecule has 0 fully saturated rings. The molecule has 0 bridgehead atoms. The number of rotatable bonds is 8. The van der Waals surface area contributed by atoms with Gasteiger partial charge in [0.15, 0.2) is 5.60 Å². The highest BCUT2D eigenvalue weighted by molar-refractivity contribution is 5.79. The highest BCUT2D eigenvalue weighted by Crippen LogP contribution is 2.22. The number of ether oxygens (including phenoxy) is 2. The summed E-state index contributed by atoms with van der Waals surface area (Å²) in [6.45, 7) is 9.80. The number of aromatic nitrogens is 2. The molecular formula is C24H30N2O3. The van der Waals surface area contributed by atoms with Crippen LogP contribution in [-0.2, 0) is 22.4 Å². The highest BCUT2D eigenvalue weighted by Gasteiger charge is 2.31. The van der Waals surface area contributed by atoms with Crippen molar-refractivity contribution in [2.45, 2.75) is 59.5 Å². The van der Waals surface area contributed by atoms with Crippen molar-refractivity contribution >= 4 is 17.0 Å². The van der Waals surface area contributed by atoms with E-state index in [1.54, 1.807) is 20.8 Å². The number of benzene rings is 2. The number of carbonyl (C=O) groups is 1. The van der Waals surface area contributed by atoms with Crippen LogP contribution in [-0.4, -0.2) is 28.1 Å². The predicted octanol–water partition coefficient (Wildman–Crippen LogP) is 5.08. The third-order valence-electron chi connectivity index (χ3n) is 5.09. The second-order valence-corrected chi connectivity index (χ2v) is 7.97. The van der Waals surface area contributed by atoms with Crippen molar-refractivity contribution in [2.75, 3.05) is 6.61 Å². The molecule has 2 aromatic carbocycles. The lowest BCUT2D eigenvalue weighted by Crippen LogP contribution is -2.39. The lowest BCUT2D eigenvalue weighted by Gasteiger charge is -2.24. The molecule has 3 rings (SSSR count). The van der Waals surface area contributed by atoms with Crippen molar-refractivity contribution in [2.24, 2.45) is 0 Å². The molecule has 0 unspecified atom stereocenters. The van der Waals surface area contributed by atoms with E-state index in [-0.39, 0.29) is 5.97 Å². The monoisotopic (exact) mass is 394 g/mol. The molecule has 0 aliphatic heterocycles. The Morgan fingerprint density at radius 2 is 1.76 bits per heavy atom. The number of hydrogen-bond acceptors (Lipinski definition) is 4. The molecule has 5 nitrogen and oxygen atoms in total. The maximum absolute atomic E-state index is 12.0. The Morgan fingerprint density at radius 1 is 1.07 bits per heavy atom. The maximum Gasteiger partial charge on any atom is 0.349 e. The van der Waals surface area contributed by atoms with Crippen LogP contribution in [0.2, 0.25) is 0 Å². The van der Waals surface area contributed by atoms with Gasteiger partial charge in [-0.3, -0.25) is 0 Å². The van der Waals surface area contributed by atoms with Crippen LogP contribution in [0.5, 0.6) is 5.75 Å². The molecule has 0 amide bonds. The topological polar surface area (TPSA) is 64.2 Å². The Kier molecular flexibility index (Phi) is 6.26. The van der Waals surface area contributed by atoms with Gasteiger partial charge in [0.25, 0.3) is 0 Å². The van der Waals surface area contributed by atoms with E-state index in [2.05, 4.69) is 31.0 Å². The molecule has 1 N–H and O–H groups in total. The number of esters is 1. The van der Waals surface area contributed by atoms with Gasteiger partial charge in [-0.25, -0.2) is 9.78 Å². The number of fused-ring (bicyclic) bond motifs is 1. The number of hydrogen-bond donors (Lipinski definition) is 1. The normalized spacial score (nSPS) is 11.6. The van der Waals surface area contributed by atoms with Crippen molar-refractivity contribution in [3.05, 3.63) is 58.9 Å².